The zero-order valence-electron chi connectivity index (χ0n) is 13.9. The molecule has 1 aliphatic rings. The van der Waals surface area contributed by atoms with Gasteiger partial charge in [0.25, 0.3) is 0 Å². The molecule has 0 saturated carbocycles. The topological polar surface area (TPSA) is 51.0 Å². The number of rotatable bonds is 4. The number of fused-ring (bicyclic) bond motifs is 1. The van der Waals surface area contributed by atoms with Gasteiger partial charge in [-0.15, -0.1) is 21.5 Å². The van der Waals surface area contributed by atoms with Gasteiger partial charge in [0.2, 0.25) is 5.91 Å². The molecule has 0 atom stereocenters. The van der Waals surface area contributed by atoms with Crippen LogP contribution in [0, 0.1) is 6.92 Å². The highest BCUT2D eigenvalue weighted by Gasteiger charge is 2.22. The van der Waals surface area contributed by atoms with Crippen molar-refractivity contribution in [1.29, 1.82) is 0 Å². The number of benzene rings is 1. The molecule has 3 aromatic rings. The zero-order chi connectivity index (χ0) is 17.2. The number of carbonyl (C=O) groups is 1. The van der Waals surface area contributed by atoms with E-state index in [1.54, 1.807) is 17.7 Å². The van der Waals surface area contributed by atoms with Gasteiger partial charge in [-0.1, -0.05) is 29.5 Å². The predicted molar refractivity (Wildman–Crippen MR) is 100 cm³/mol. The summed E-state index contributed by atoms with van der Waals surface area (Å²) in [7, 11) is 0. The molecule has 1 aliphatic heterocycles. The van der Waals surface area contributed by atoms with Crippen molar-refractivity contribution in [1.82, 2.24) is 19.7 Å². The summed E-state index contributed by atoms with van der Waals surface area (Å²) in [6.07, 6.45) is 2.65. The lowest BCUT2D eigenvalue weighted by atomic mass is 10.1. The summed E-state index contributed by atoms with van der Waals surface area (Å²) in [6, 6.07) is 10.3. The van der Waals surface area contributed by atoms with E-state index in [0.717, 1.165) is 30.4 Å². The Bertz CT molecular complexity index is 885. The number of carbonyl (C=O) groups excluding carboxylic acids is 1. The standard InChI is InChI=1S/C18H18N4OS2/c1-13-2-4-15(5-3-13)22-12-19-20-18(22)25-11-17(23)21-8-6-16-14(10-21)7-9-24-16/h2-5,7,9,12H,6,8,10-11H2,1H3. The summed E-state index contributed by atoms with van der Waals surface area (Å²) in [5.74, 6) is 0.532. The second-order valence-corrected chi connectivity index (χ2v) is 7.99. The van der Waals surface area contributed by atoms with Gasteiger partial charge < -0.3 is 4.90 Å². The third kappa shape index (κ3) is 3.48. The van der Waals surface area contributed by atoms with Crippen molar-refractivity contribution in [3.8, 4) is 5.69 Å². The van der Waals surface area contributed by atoms with Crippen LogP contribution in [0.3, 0.4) is 0 Å². The highest BCUT2D eigenvalue weighted by Crippen LogP contribution is 2.25. The fraction of sp³-hybridized carbons (Fsp3) is 0.278. The fourth-order valence-electron chi connectivity index (χ4n) is 2.88. The Morgan fingerprint density at radius 1 is 1.28 bits per heavy atom. The van der Waals surface area contributed by atoms with Crippen LogP contribution in [0.15, 0.2) is 47.2 Å². The minimum atomic E-state index is 0.153. The van der Waals surface area contributed by atoms with Gasteiger partial charge in [-0.05, 0) is 42.5 Å². The number of hydrogen-bond acceptors (Lipinski definition) is 5. The SMILES string of the molecule is Cc1ccc(-n2cnnc2SCC(=O)N2CCc3sccc3C2)cc1. The van der Waals surface area contributed by atoms with Gasteiger partial charge in [-0.3, -0.25) is 9.36 Å². The minimum Gasteiger partial charge on any atom is -0.337 e. The van der Waals surface area contributed by atoms with Crippen molar-refractivity contribution in [3.05, 3.63) is 58.0 Å². The van der Waals surface area contributed by atoms with E-state index in [9.17, 15) is 4.79 Å². The molecule has 0 N–H and O–H groups in total. The van der Waals surface area contributed by atoms with Crippen molar-refractivity contribution >= 4 is 29.0 Å². The normalized spacial score (nSPS) is 13.7. The van der Waals surface area contributed by atoms with Crippen LogP contribution in [-0.2, 0) is 17.8 Å². The molecule has 0 aliphatic carbocycles. The summed E-state index contributed by atoms with van der Waals surface area (Å²) in [4.78, 5) is 15.9. The second kappa shape index (κ2) is 7.01. The Balaban J connectivity index is 1.41. The number of amides is 1. The molecule has 4 rings (SSSR count). The molecule has 7 heteroatoms. The summed E-state index contributed by atoms with van der Waals surface area (Å²) in [6.45, 7) is 3.59. The molecule has 0 spiro atoms. The Hall–Kier alpha value is -2.12. The molecule has 1 aromatic carbocycles. The summed E-state index contributed by atoms with van der Waals surface area (Å²) in [5.41, 5.74) is 3.50. The molecule has 3 heterocycles. The number of hydrogen-bond donors (Lipinski definition) is 0. The first-order valence-corrected chi connectivity index (χ1v) is 10.00. The van der Waals surface area contributed by atoms with E-state index >= 15 is 0 Å². The number of aromatic nitrogens is 3. The first-order valence-electron chi connectivity index (χ1n) is 8.13. The molecule has 25 heavy (non-hydrogen) atoms. The largest absolute Gasteiger partial charge is 0.337 e. The molecule has 5 nitrogen and oxygen atoms in total. The molecule has 0 unspecified atom stereocenters. The van der Waals surface area contributed by atoms with Gasteiger partial charge in [0.1, 0.15) is 6.33 Å². The first-order chi connectivity index (χ1) is 12.2. The van der Waals surface area contributed by atoms with Crippen LogP contribution in [0.1, 0.15) is 16.0 Å². The van der Waals surface area contributed by atoms with Crippen LogP contribution in [0.5, 0.6) is 0 Å². The Labute approximate surface area is 154 Å². The van der Waals surface area contributed by atoms with Crippen molar-refractivity contribution in [2.45, 2.75) is 25.0 Å². The molecule has 0 saturated heterocycles. The maximum absolute atomic E-state index is 12.6. The average molecular weight is 371 g/mol. The molecule has 0 fully saturated rings. The van der Waals surface area contributed by atoms with E-state index in [-0.39, 0.29) is 5.91 Å². The number of nitrogens with zero attached hydrogens (tertiary/aromatic N) is 4. The maximum Gasteiger partial charge on any atom is 0.233 e. The van der Waals surface area contributed by atoms with Gasteiger partial charge >= 0.3 is 0 Å². The lowest BCUT2D eigenvalue weighted by molar-refractivity contribution is -0.129. The van der Waals surface area contributed by atoms with E-state index in [1.165, 1.54) is 27.8 Å². The quantitative estimate of drug-likeness (QED) is 0.661. The van der Waals surface area contributed by atoms with Crippen molar-refractivity contribution in [2.75, 3.05) is 12.3 Å². The van der Waals surface area contributed by atoms with Crippen LogP contribution in [-0.4, -0.2) is 37.9 Å². The molecule has 1 amide bonds. The van der Waals surface area contributed by atoms with Crippen LogP contribution in [0.25, 0.3) is 5.69 Å². The fourth-order valence-corrected chi connectivity index (χ4v) is 4.61. The van der Waals surface area contributed by atoms with Crippen molar-refractivity contribution in [2.24, 2.45) is 0 Å². The van der Waals surface area contributed by atoms with Crippen LogP contribution >= 0.6 is 23.1 Å². The van der Waals surface area contributed by atoms with Crippen LogP contribution in [0.4, 0.5) is 0 Å². The Kier molecular flexibility index (Phi) is 4.59. The lowest BCUT2D eigenvalue weighted by Crippen LogP contribution is -2.36. The smallest absolute Gasteiger partial charge is 0.233 e. The van der Waals surface area contributed by atoms with Crippen LogP contribution < -0.4 is 0 Å². The first kappa shape index (κ1) is 16.4. The van der Waals surface area contributed by atoms with Crippen LogP contribution in [0.2, 0.25) is 0 Å². The van der Waals surface area contributed by atoms with E-state index < -0.39 is 0 Å². The summed E-state index contributed by atoms with van der Waals surface area (Å²) < 4.78 is 1.92. The molecule has 2 aromatic heterocycles. The molecule has 0 bridgehead atoms. The van der Waals surface area contributed by atoms with Gasteiger partial charge in [0.15, 0.2) is 5.16 Å². The second-order valence-electron chi connectivity index (χ2n) is 6.04. The number of aryl methyl sites for hydroxylation is 1. The number of thioether (sulfide) groups is 1. The maximum atomic E-state index is 12.6. The average Bonchev–Trinajstić information content (AvgIpc) is 3.28. The Morgan fingerprint density at radius 3 is 2.96 bits per heavy atom. The molecular formula is C18H18N4OS2. The molecular weight excluding hydrogens is 352 g/mol. The highest BCUT2D eigenvalue weighted by molar-refractivity contribution is 7.99. The predicted octanol–water partition coefficient (Wildman–Crippen LogP) is 3.31. The highest BCUT2D eigenvalue weighted by atomic mass is 32.2. The molecule has 0 radical (unpaired) electrons. The minimum absolute atomic E-state index is 0.153. The monoisotopic (exact) mass is 370 g/mol. The van der Waals surface area contributed by atoms with Gasteiger partial charge in [0.05, 0.1) is 5.75 Å². The van der Waals surface area contributed by atoms with E-state index in [4.69, 9.17) is 0 Å². The van der Waals surface area contributed by atoms with E-state index in [1.807, 2.05) is 21.6 Å². The Morgan fingerprint density at radius 2 is 2.12 bits per heavy atom. The van der Waals surface area contributed by atoms with Gasteiger partial charge in [-0.25, -0.2) is 0 Å². The van der Waals surface area contributed by atoms with Crippen molar-refractivity contribution in [3.63, 3.8) is 0 Å². The van der Waals surface area contributed by atoms with Crippen molar-refractivity contribution < 1.29 is 4.79 Å². The zero-order valence-corrected chi connectivity index (χ0v) is 15.5. The third-order valence-corrected chi connectivity index (χ3v) is 6.26. The van der Waals surface area contributed by atoms with Gasteiger partial charge in [0, 0.05) is 23.7 Å². The summed E-state index contributed by atoms with van der Waals surface area (Å²) in [5, 5.41) is 11.0. The summed E-state index contributed by atoms with van der Waals surface area (Å²) >= 11 is 3.22. The molecule has 128 valence electrons. The third-order valence-electron chi connectivity index (χ3n) is 4.31. The van der Waals surface area contributed by atoms with E-state index in [0.29, 0.717) is 5.75 Å². The van der Waals surface area contributed by atoms with E-state index in [2.05, 4.69) is 40.7 Å². The number of thiophene rings is 1. The van der Waals surface area contributed by atoms with Gasteiger partial charge in [-0.2, -0.15) is 0 Å². The lowest BCUT2D eigenvalue weighted by Gasteiger charge is -2.26.